The minimum atomic E-state index is 0.917. The van der Waals surface area contributed by atoms with Crippen LogP contribution < -0.4 is 10.2 Å². The van der Waals surface area contributed by atoms with Gasteiger partial charge in [-0.2, -0.15) is 0 Å². The Morgan fingerprint density at radius 2 is 1.58 bits per heavy atom. The highest BCUT2D eigenvalue weighted by molar-refractivity contribution is 5.63. The molecule has 0 bridgehead atoms. The van der Waals surface area contributed by atoms with Crippen molar-refractivity contribution in [1.29, 1.82) is 0 Å². The van der Waals surface area contributed by atoms with E-state index >= 15 is 0 Å². The quantitative estimate of drug-likeness (QED) is 0.893. The SMILES string of the molecule is CNCc1ccc(N(C)c2ccc(C)cc2)cc1C. The van der Waals surface area contributed by atoms with Gasteiger partial charge in [0.05, 0.1) is 0 Å². The molecule has 0 fully saturated rings. The van der Waals surface area contributed by atoms with Crippen LogP contribution in [0.25, 0.3) is 0 Å². The highest BCUT2D eigenvalue weighted by atomic mass is 15.1. The molecule has 0 saturated carbocycles. The Morgan fingerprint density at radius 1 is 0.947 bits per heavy atom. The van der Waals surface area contributed by atoms with Crippen LogP contribution in [0.15, 0.2) is 42.5 Å². The van der Waals surface area contributed by atoms with Crippen molar-refractivity contribution in [2.24, 2.45) is 0 Å². The lowest BCUT2D eigenvalue weighted by atomic mass is 10.1. The van der Waals surface area contributed by atoms with Crippen LogP contribution in [0.4, 0.5) is 11.4 Å². The Balaban J connectivity index is 2.26. The van der Waals surface area contributed by atoms with Gasteiger partial charge in [0.25, 0.3) is 0 Å². The molecule has 2 aromatic rings. The van der Waals surface area contributed by atoms with Crippen molar-refractivity contribution >= 4 is 11.4 Å². The van der Waals surface area contributed by atoms with Gasteiger partial charge < -0.3 is 10.2 Å². The zero-order valence-electron chi connectivity index (χ0n) is 12.2. The third kappa shape index (κ3) is 3.15. The first kappa shape index (κ1) is 13.6. The van der Waals surface area contributed by atoms with E-state index in [1.807, 2.05) is 7.05 Å². The molecule has 0 spiro atoms. The molecule has 0 heterocycles. The van der Waals surface area contributed by atoms with Gasteiger partial charge in [-0.3, -0.25) is 0 Å². The number of rotatable bonds is 4. The highest BCUT2D eigenvalue weighted by Gasteiger charge is 2.05. The highest BCUT2D eigenvalue weighted by Crippen LogP contribution is 2.25. The Hall–Kier alpha value is -1.80. The van der Waals surface area contributed by atoms with Gasteiger partial charge in [-0.15, -0.1) is 0 Å². The summed E-state index contributed by atoms with van der Waals surface area (Å²) >= 11 is 0. The number of aryl methyl sites for hydroxylation is 2. The van der Waals surface area contributed by atoms with Crippen molar-refractivity contribution in [2.75, 3.05) is 19.0 Å². The van der Waals surface area contributed by atoms with Gasteiger partial charge in [0, 0.05) is 25.0 Å². The second kappa shape index (κ2) is 5.89. The van der Waals surface area contributed by atoms with Crippen LogP contribution in [0.1, 0.15) is 16.7 Å². The zero-order chi connectivity index (χ0) is 13.8. The summed E-state index contributed by atoms with van der Waals surface area (Å²) in [7, 11) is 4.09. The van der Waals surface area contributed by atoms with Gasteiger partial charge in [0.15, 0.2) is 0 Å². The second-order valence-electron chi connectivity index (χ2n) is 5.04. The molecular formula is C17H22N2. The van der Waals surface area contributed by atoms with Crippen molar-refractivity contribution in [3.05, 3.63) is 59.2 Å². The molecule has 0 radical (unpaired) electrons. The average molecular weight is 254 g/mol. The van der Waals surface area contributed by atoms with E-state index in [2.05, 4.69) is 73.6 Å². The fourth-order valence-corrected chi connectivity index (χ4v) is 2.19. The molecule has 1 N–H and O–H groups in total. The van der Waals surface area contributed by atoms with E-state index < -0.39 is 0 Å². The second-order valence-corrected chi connectivity index (χ2v) is 5.04. The fraction of sp³-hybridized carbons (Fsp3) is 0.294. The van der Waals surface area contributed by atoms with Gasteiger partial charge in [-0.1, -0.05) is 23.8 Å². The lowest BCUT2D eigenvalue weighted by Crippen LogP contribution is -2.11. The molecule has 0 amide bonds. The number of benzene rings is 2. The predicted octanol–water partition coefficient (Wildman–Crippen LogP) is 3.79. The standard InChI is InChI=1S/C17H22N2/c1-13-5-8-16(9-6-13)19(4)17-10-7-15(12-18-3)14(2)11-17/h5-11,18H,12H2,1-4H3. The van der Waals surface area contributed by atoms with Crippen molar-refractivity contribution in [3.63, 3.8) is 0 Å². The van der Waals surface area contributed by atoms with E-state index in [1.165, 1.54) is 28.1 Å². The summed E-state index contributed by atoms with van der Waals surface area (Å²) in [5.74, 6) is 0. The summed E-state index contributed by atoms with van der Waals surface area (Å²) in [5, 5.41) is 3.20. The van der Waals surface area contributed by atoms with Gasteiger partial charge >= 0.3 is 0 Å². The molecule has 19 heavy (non-hydrogen) atoms. The van der Waals surface area contributed by atoms with Crippen molar-refractivity contribution in [2.45, 2.75) is 20.4 Å². The van der Waals surface area contributed by atoms with Crippen LogP contribution in [0.2, 0.25) is 0 Å². The number of hydrogen-bond donors (Lipinski definition) is 1. The monoisotopic (exact) mass is 254 g/mol. The summed E-state index contributed by atoms with van der Waals surface area (Å²) in [5.41, 5.74) is 6.40. The minimum absolute atomic E-state index is 0.917. The summed E-state index contributed by atoms with van der Waals surface area (Å²) in [6.45, 7) is 5.19. The average Bonchev–Trinajstić information content (AvgIpc) is 2.41. The Bertz CT molecular complexity index is 544. The van der Waals surface area contributed by atoms with Crippen LogP contribution in [0, 0.1) is 13.8 Å². The topological polar surface area (TPSA) is 15.3 Å². The number of hydrogen-bond acceptors (Lipinski definition) is 2. The maximum atomic E-state index is 3.20. The normalized spacial score (nSPS) is 10.5. The molecule has 2 heteroatoms. The molecule has 2 aromatic carbocycles. The lowest BCUT2D eigenvalue weighted by molar-refractivity contribution is 0.812. The summed E-state index contributed by atoms with van der Waals surface area (Å²) in [6, 6.07) is 15.2. The summed E-state index contributed by atoms with van der Waals surface area (Å²) in [6.07, 6.45) is 0. The summed E-state index contributed by atoms with van der Waals surface area (Å²) < 4.78 is 0. The number of anilines is 2. The van der Waals surface area contributed by atoms with E-state index in [0.29, 0.717) is 0 Å². The molecule has 0 atom stereocenters. The van der Waals surface area contributed by atoms with Crippen molar-refractivity contribution < 1.29 is 0 Å². The Kier molecular flexibility index (Phi) is 4.23. The van der Waals surface area contributed by atoms with E-state index in [-0.39, 0.29) is 0 Å². The van der Waals surface area contributed by atoms with Crippen LogP contribution in [0.5, 0.6) is 0 Å². The minimum Gasteiger partial charge on any atom is -0.345 e. The van der Waals surface area contributed by atoms with E-state index in [1.54, 1.807) is 0 Å². The first-order chi connectivity index (χ1) is 9.11. The third-order valence-corrected chi connectivity index (χ3v) is 3.50. The molecule has 0 aromatic heterocycles. The van der Waals surface area contributed by atoms with Gasteiger partial charge in [0.2, 0.25) is 0 Å². The fourth-order valence-electron chi connectivity index (χ4n) is 2.19. The van der Waals surface area contributed by atoms with Gasteiger partial charge in [-0.05, 0) is 56.3 Å². The van der Waals surface area contributed by atoms with E-state index in [9.17, 15) is 0 Å². The molecule has 0 unspecified atom stereocenters. The van der Waals surface area contributed by atoms with Crippen LogP contribution in [-0.4, -0.2) is 14.1 Å². The molecule has 0 saturated heterocycles. The molecule has 2 nitrogen and oxygen atoms in total. The van der Waals surface area contributed by atoms with Gasteiger partial charge in [-0.25, -0.2) is 0 Å². The van der Waals surface area contributed by atoms with Crippen molar-refractivity contribution in [3.8, 4) is 0 Å². The number of nitrogens with zero attached hydrogens (tertiary/aromatic N) is 1. The van der Waals surface area contributed by atoms with Gasteiger partial charge in [0.1, 0.15) is 0 Å². The zero-order valence-corrected chi connectivity index (χ0v) is 12.2. The first-order valence-corrected chi connectivity index (χ1v) is 6.66. The largest absolute Gasteiger partial charge is 0.345 e. The molecule has 2 rings (SSSR count). The molecule has 0 aliphatic rings. The van der Waals surface area contributed by atoms with Crippen molar-refractivity contribution in [1.82, 2.24) is 5.32 Å². The predicted molar refractivity (Wildman–Crippen MR) is 83.2 cm³/mol. The molecule has 0 aliphatic carbocycles. The summed E-state index contributed by atoms with van der Waals surface area (Å²) in [4.78, 5) is 2.22. The van der Waals surface area contributed by atoms with Crippen LogP contribution >= 0.6 is 0 Å². The third-order valence-electron chi connectivity index (χ3n) is 3.50. The molecular weight excluding hydrogens is 232 g/mol. The molecule has 0 aliphatic heterocycles. The smallest absolute Gasteiger partial charge is 0.0410 e. The maximum Gasteiger partial charge on any atom is 0.0410 e. The van der Waals surface area contributed by atoms with Crippen LogP contribution in [-0.2, 0) is 6.54 Å². The van der Waals surface area contributed by atoms with E-state index in [0.717, 1.165) is 6.54 Å². The lowest BCUT2D eigenvalue weighted by Gasteiger charge is -2.21. The maximum absolute atomic E-state index is 3.20. The first-order valence-electron chi connectivity index (χ1n) is 6.66. The van der Waals surface area contributed by atoms with E-state index in [4.69, 9.17) is 0 Å². The Morgan fingerprint density at radius 3 is 2.16 bits per heavy atom. The molecule has 100 valence electrons. The number of nitrogens with one attached hydrogen (secondary N) is 1. The van der Waals surface area contributed by atoms with Crippen LogP contribution in [0.3, 0.4) is 0 Å². The Labute approximate surface area is 116 Å².